The molecule has 1 aromatic carbocycles. The highest BCUT2D eigenvalue weighted by Gasteiger charge is 2.05. The molecule has 0 aliphatic carbocycles. The first-order chi connectivity index (χ1) is 9.24. The van der Waals surface area contributed by atoms with Crippen LogP contribution >= 0.6 is 0 Å². The lowest BCUT2D eigenvalue weighted by Gasteiger charge is -2.12. The van der Waals surface area contributed by atoms with Crippen LogP contribution in [0.3, 0.4) is 0 Å². The predicted octanol–water partition coefficient (Wildman–Crippen LogP) is 2.26. The van der Waals surface area contributed by atoms with E-state index in [1.165, 1.54) is 6.07 Å². The molecule has 0 aliphatic heterocycles. The summed E-state index contributed by atoms with van der Waals surface area (Å²) in [7, 11) is 0. The summed E-state index contributed by atoms with van der Waals surface area (Å²) in [5.74, 6) is -0.276. The van der Waals surface area contributed by atoms with Gasteiger partial charge in [0.25, 0.3) is 0 Å². The molecule has 1 atom stereocenters. The van der Waals surface area contributed by atoms with Crippen LogP contribution in [0.5, 0.6) is 0 Å². The standard InChI is InChI=1S/C15H22FNO2/c1-2-3-6-9-17-10-14(18)12-19-11-13-7-4-5-8-15(13)16/h2-5,7-8,14,17-18H,6,9-12H2,1H3/b3-2+. The second kappa shape index (κ2) is 9.67. The summed E-state index contributed by atoms with van der Waals surface area (Å²) in [4.78, 5) is 0. The van der Waals surface area contributed by atoms with E-state index in [4.69, 9.17) is 4.74 Å². The summed E-state index contributed by atoms with van der Waals surface area (Å²) in [6.45, 7) is 3.67. The fourth-order valence-electron chi connectivity index (χ4n) is 1.60. The fourth-order valence-corrected chi connectivity index (χ4v) is 1.60. The summed E-state index contributed by atoms with van der Waals surface area (Å²) in [6, 6.07) is 6.48. The highest BCUT2D eigenvalue weighted by atomic mass is 19.1. The van der Waals surface area contributed by atoms with Gasteiger partial charge >= 0.3 is 0 Å². The van der Waals surface area contributed by atoms with Gasteiger partial charge in [-0.2, -0.15) is 0 Å². The molecule has 0 fully saturated rings. The first kappa shape index (κ1) is 15.8. The van der Waals surface area contributed by atoms with Crippen molar-refractivity contribution in [3.05, 3.63) is 47.8 Å². The number of hydrogen-bond donors (Lipinski definition) is 2. The van der Waals surface area contributed by atoms with Crippen molar-refractivity contribution in [1.82, 2.24) is 5.32 Å². The normalized spacial score (nSPS) is 13.0. The van der Waals surface area contributed by atoms with Crippen LogP contribution < -0.4 is 5.32 Å². The van der Waals surface area contributed by atoms with E-state index in [-0.39, 0.29) is 19.0 Å². The Labute approximate surface area is 114 Å². The van der Waals surface area contributed by atoms with Crippen LogP contribution in [-0.2, 0) is 11.3 Å². The van der Waals surface area contributed by atoms with Crippen molar-refractivity contribution in [3.63, 3.8) is 0 Å². The quantitative estimate of drug-likeness (QED) is 0.532. The van der Waals surface area contributed by atoms with Crippen molar-refractivity contribution in [2.75, 3.05) is 19.7 Å². The van der Waals surface area contributed by atoms with E-state index in [2.05, 4.69) is 11.4 Å². The van der Waals surface area contributed by atoms with Gasteiger partial charge in [-0.15, -0.1) is 0 Å². The van der Waals surface area contributed by atoms with E-state index < -0.39 is 6.10 Å². The number of halogens is 1. The van der Waals surface area contributed by atoms with Crippen LogP contribution in [0.2, 0.25) is 0 Å². The zero-order valence-corrected chi connectivity index (χ0v) is 11.3. The maximum atomic E-state index is 13.3. The van der Waals surface area contributed by atoms with E-state index >= 15 is 0 Å². The molecule has 2 N–H and O–H groups in total. The second-order valence-corrected chi connectivity index (χ2v) is 4.32. The molecule has 0 aromatic heterocycles. The predicted molar refractivity (Wildman–Crippen MR) is 74.4 cm³/mol. The highest BCUT2D eigenvalue weighted by molar-refractivity contribution is 5.16. The zero-order chi connectivity index (χ0) is 13.9. The molecule has 3 nitrogen and oxygen atoms in total. The average Bonchev–Trinajstić information content (AvgIpc) is 2.41. The molecule has 0 heterocycles. The van der Waals surface area contributed by atoms with E-state index in [1.807, 2.05) is 13.0 Å². The van der Waals surface area contributed by atoms with Gasteiger partial charge in [0.15, 0.2) is 0 Å². The first-order valence-electron chi connectivity index (χ1n) is 6.55. The molecule has 0 aliphatic rings. The van der Waals surface area contributed by atoms with Crippen molar-refractivity contribution in [3.8, 4) is 0 Å². The van der Waals surface area contributed by atoms with Gasteiger partial charge in [-0.25, -0.2) is 4.39 Å². The van der Waals surface area contributed by atoms with Crippen LogP contribution in [0, 0.1) is 5.82 Å². The lowest BCUT2D eigenvalue weighted by molar-refractivity contribution is 0.0280. The number of allylic oxidation sites excluding steroid dienone is 1. The number of benzene rings is 1. The molecule has 1 rings (SSSR count). The van der Waals surface area contributed by atoms with Crippen molar-refractivity contribution in [2.24, 2.45) is 0 Å². The van der Waals surface area contributed by atoms with Gasteiger partial charge in [-0.05, 0) is 26.0 Å². The van der Waals surface area contributed by atoms with Crippen LogP contribution in [0.15, 0.2) is 36.4 Å². The largest absolute Gasteiger partial charge is 0.389 e. The molecule has 0 radical (unpaired) electrons. The third kappa shape index (κ3) is 7.06. The Balaban J connectivity index is 2.10. The number of nitrogens with one attached hydrogen (secondary N) is 1. The Bertz CT molecular complexity index is 382. The summed E-state index contributed by atoms with van der Waals surface area (Å²) >= 11 is 0. The smallest absolute Gasteiger partial charge is 0.128 e. The number of hydrogen-bond acceptors (Lipinski definition) is 3. The summed E-state index contributed by atoms with van der Waals surface area (Å²) in [5.41, 5.74) is 0.510. The van der Waals surface area contributed by atoms with Crippen molar-refractivity contribution in [2.45, 2.75) is 26.1 Å². The van der Waals surface area contributed by atoms with Gasteiger partial charge < -0.3 is 15.2 Å². The molecule has 0 spiro atoms. The first-order valence-corrected chi connectivity index (χ1v) is 6.55. The molecule has 106 valence electrons. The number of rotatable bonds is 9. The fraction of sp³-hybridized carbons (Fsp3) is 0.467. The number of ether oxygens (including phenoxy) is 1. The number of aliphatic hydroxyl groups excluding tert-OH is 1. The van der Waals surface area contributed by atoms with E-state index in [0.717, 1.165) is 13.0 Å². The SMILES string of the molecule is C/C=C/CCNCC(O)COCc1ccccc1F. The minimum Gasteiger partial charge on any atom is -0.389 e. The van der Waals surface area contributed by atoms with E-state index in [1.54, 1.807) is 18.2 Å². The Kier molecular flexibility index (Phi) is 8.05. The molecule has 1 unspecified atom stereocenters. The van der Waals surface area contributed by atoms with Crippen molar-refractivity contribution < 1.29 is 14.2 Å². The average molecular weight is 267 g/mol. The summed E-state index contributed by atoms with van der Waals surface area (Å²) in [5, 5.41) is 12.8. The lowest BCUT2D eigenvalue weighted by Crippen LogP contribution is -2.30. The molecule has 19 heavy (non-hydrogen) atoms. The van der Waals surface area contributed by atoms with Gasteiger partial charge in [0.1, 0.15) is 5.82 Å². The molecule has 0 saturated heterocycles. The summed E-state index contributed by atoms with van der Waals surface area (Å²) in [6.07, 6.45) is 4.43. The maximum Gasteiger partial charge on any atom is 0.128 e. The molecular weight excluding hydrogens is 245 g/mol. The van der Waals surface area contributed by atoms with Crippen LogP contribution in [0.25, 0.3) is 0 Å². The minimum atomic E-state index is -0.572. The van der Waals surface area contributed by atoms with Gasteiger partial charge in [-0.1, -0.05) is 30.4 Å². The molecule has 0 saturated carbocycles. The Hall–Kier alpha value is -1.23. The van der Waals surface area contributed by atoms with Crippen molar-refractivity contribution in [1.29, 1.82) is 0 Å². The van der Waals surface area contributed by atoms with Crippen molar-refractivity contribution >= 4 is 0 Å². The number of aliphatic hydroxyl groups is 1. The van der Waals surface area contributed by atoms with E-state index in [0.29, 0.717) is 12.1 Å². The van der Waals surface area contributed by atoms with E-state index in [9.17, 15) is 9.50 Å². The topological polar surface area (TPSA) is 41.5 Å². The lowest BCUT2D eigenvalue weighted by atomic mass is 10.2. The maximum absolute atomic E-state index is 13.3. The Morgan fingerprint density at radius 1 is 1.42 bits per heavy atom. The molecule has 1 aromatic rings. The third-order valence-corrected chi connectivity index (χ3v) is 2.63. The Morgan fingerprint density at radius 2 is 2.21 bits per heavy atom. The zero-order valence-electron chi connectivity index (χ0n) is 11.3. The molecular formula is C15H22FNO2. The third-order valence-electron chi connectivity index (χ3n) is 2.63. The van der Waals surface area contributed by atoms with Gasteiger partial charge in [0, 0.05) is 12.1 Å². The molecule has 4 heteroatoms. The molecule has 0 amide bonds. The monoisotopic (exact) mass is 267 g/mol. The highest BCUT2D eigenvalue weighted by Crippen LogP contribution is 2.07. The molecule has 0 bridgehead atoms. The minimum absolute atomic E-state index is 0.183. The van der Waals surface area contributed by atoms with Crippen LogP contribution in [0.4, 0.5) is 4.39 Å². The summed E-state index contributed by atoms with van der Waals surface area (Å²) < 4.78 is 18.6. The van der Waals surface area contributed by atoms with Gasteiger partial charge in [0.05, 0.1) is 19.3 Å². The van der Waals surface area contributed by atoms with Crippen LogP contribution in [0.1, 0.15) is 18.9 Å². The van der Waals surface area contributed by atoms with Crippen LogP contribution in [-0.4, -0.2) is 30.9 Å². The second-order valence-electron chi connectivity index (χ2n) is 4.32. The van der Waals surface area contributed by atoms with Gasteiger partial charge in [0.2, 0.25) is 0 Å². The Morgan fingerprint density at radius 3 is 2.95 bits per heavy atom. The van der Waals surface area contributed by atoms with Gasteiger partial charge in [-0.3, -0.25) is 0 Å².